The molecule has 0 radical (unpaired) electrons. The maximum atomic E-state index is 12.8. The summed E-state index contributed by atoms with van der Waals surface area (Å²) in [6.45, 7) is 6.51. The monoisotopic (exact) mass is 909 g/mol. The van der Waals surface area contributed by atoms with Crippen molar-refractivity contribution in [3.05, 3.63) is 60.8 Å². The lowest BCUT2D eigenvalue weighted by atomic mass is 10.0. The van der Waals surface area contributed by atoms with Gasteiger partial charge in [-0.3, -0.25) is 14.4 Å². The van der Waals surface area contributed by atoms with Crippen molar-refractivity contribution in [2.75, 3.05) is 13.2 Å². The van der Waals surface area contributed by atoms with Gasteiger partial charge in [0.15, 0.2) is 6.10 Å². The molecule has 0 aliphatic heterocycles. The van der Waals surface area contributed by atoms with Crippen LogP contribution in [0, 0.1) is 0 Å². The van der Waals surface area contributed by atoms with Crippen molar-refractivity contribution < 1.29 is 28.6 Å². The van der Waals surface area contributed by atoms with Crippen LogP contribution in [0.1, 0.15) is 278 Å². The van der Waals surface area contributed by atoms with Gasteiger partial charge in [0, 0.05) is 19.3 Å². The molecule has 6 heteroatoms. The van der Waals surface area contributed by atoms with Crippen molar-refractivity contribution in [1.29, 1.82) is 0 Å². The minimum Gasteiger partial charge on any atom is -0.462 e. The van der Waals surface area contributed by atoms with E-state index in [0.717, 1.165) is 83.5 Å². The summed E-state index contributed by atoms with van der Waals surface area (Å²) in [6, 6.07) is 0. The summed E-state index contributed by atoms with van der Waals surface area (Å²) in [7, 11) is 0. The molecule has 0 unspecified atom stereocenters. The Morgan fingerprint density at radius 1 is 0.323 bits per heavy atom. The summed E-state index contributed by atoms with van der Waals surface area (Å²) in [5.74, 6) is -0.924. The summed E-state index contributed by atoms with van der Waals surface area (Å²) < 4.78 is 16.8. The predicted octanol–water partition coefficient (Wildman–Crippen LogP) is 18.4. The lowest BCUT2D eigenvalue weighted by Crippen LogP contribution is -2.30. The number of esters is 3. The normalized spacial score (nSPS) is 12.5. The Hall–Kier alpha value is -2.89. The number of unbranched alkanes of at least 4 members (excludes halogenated alkanes) is 29. The number of hydrogen-bond donors (Lipinski definition) is 0. The fourth-order valence-electron chi connectivity index (χ4n) is 7.84. The van der Waals surface area contributed by atoms with E-state index in [0.29, 0.717) is 19.3 Å². The molecule has 0 aliphatic carbocycles. The van der Waals surface area contributed by atoms with Crippen molar-refractivity contribution in [2.24, 2.45) is 0 Å². The Kier molecular flexibility index (Phi) is 51.3. The highest BCUT2D eigenvalue weighted by atomic mass is 16.6. The molecule has 0 rings (SSSR count). The zero-order valence-corrected chi connectivity index (χ0v) is 43.0. The molecular formula is C59H104O6. The van der Waals surface area contributed by atoms with Gasteiger partial charge in [0.2, 0.25) is 0 Å². The molecule has 0 saturated carbocycles. The number of hydrogen-bond acceptors (Lipinski definition) is 6. The van der Waals surface area contributed by atoms with Gasteiger partial charge in [-0.1, -0.05) is 236 Å². The minimum atomic E-state index is -0.791. The van der Waals surface area contributed by atoms with Gasteiger partial charge in [-0.2, -0.15) is 0 Å². The third-order valence-electron chi connectivity index (χ3n) is 12.0. The molecule has 376 valence electrons. The largest absolute Gasteiger partial charge is 0.462 e. The highest BCUT2D eigenvalue weighted by Gasteiger charge is 2.19. The highest BCUT2D eigenvalue weighted by molar-refractivity contribution is 5.71. The van der Waals surface area contributed by atoms with Crippen molar-refractivity contribution in [3.63, 3.8) is 0 Å². The van der Waals surface area contributed by atoms with E-state index in [1.54, 1.807) is 0 Å². The van der Waals surface area contributed by atoms with E-state index < -0.39 is 6.10 Å². The lowest BCUT2D eigenvalue weighted by Gasteiger charge is -2.18. The van der Waals surface area contributed by atoms with Crippen LogP contribution < -0.4 is 0 Å². The number of allylic oxidation sites excluding steroid dienone is 10. The molecule has 0 amide bonds. The fourth-order valence-corrected chi connectivity index (χ4v) is 7.84. The van der Waals surface area contributed by atoms with E-state index in [9.17, 15) is 14.4 Å². The highest BCUT2D eigenvalue weighted by Crippen LogP contribution is 2.16. The molecule has 6 nitrogen and oxygen atoms in total. The minimum absolute atomic E-state index is 0.0866. The van der Waals surface area contributed by atoms with Crippen LogP contribution in [0.3, 0.4) is 0 Å². The Balaban J connectivity index is 4.42. The molecule has 0 fully saturated rings. The van der Waals surface area contributed by atoms with E-state index in [4.69, 9.17) is 14.2 Å². The Morgan fingerprint density at radius 3 is 0.985 bits per heavy atom. The van der Waals surface area contributed by atoms with Gasteiger partial charge < -0.3 is 14.2 Å². The number of rotatable bonds is 50. The van der Waals surface area contributed by atoms with Gasteiger partial charge in [-0.25, -0.2) is 0 Å². The maximum Gasteiger partial charge on any atom is 0.306 e. The third kappa shape index (κ3) is 51.9. The molecule has 1 atom stereocenters. The van der Waals surface area contributed by atoms with Crippen molar-refractivity contribution in [2.45, 2.75) is 284 Å². The molecule has 65 heavy (non-hydrogen) atoms. The lowest BCUT2D eigenvalue weighted by molar-refractivity contribution is -0.167. The molecule has 0 aliphatic rings. The zero-order chi connectivity index (χ0) is 47.2. The van der Waals surface area contributed by atoms with Gasteiger partial charge in [0.05, 0.1) is 0 Å². The average molecular weight is 909 g/mol. The van der Waals surface area contributed by atoms with E-state index in [-0.39, 0.29) is 31.1 Å². The quantitative estimate of drug-likeness (QED) is 0.0262. The van der Waals surface area contributed by atoms with E-state index in [1.165, 1.54) is 154 Å². The van der Waals surface area contributed by atoms with Gasteiger partial charge in [-0.05, 0) is 83.5 Å². The molecule has 0 aromatic carbocycles. The van der Waals surface area contributed by atoms with Crippen LogP contribution >= 0.6 is 0 Å². The first kappa shape index (κ1) is 62.1. The second-order valence-corrected chi connectivity index (χ2v) is 18.5. The van der Waals surface area contributed by atoms with E-state index in [2.05, 4.69) is 81.5 Å². The zero-order valence-electron chi connectivity index (χ0n) is 43.0. The molecule has 0 aromatic rings. The first-order valence-electron chi connectivity index (χ1n) is 27.8. The Bertz CT molecular complexity index is 1180. The topological polar surface area (TPSA) is 78.9 Å². The first-order valence-corrected chi connectivity index (χ1v) is 27.8. The summed E-state index contributed by atoms with van der Waals surface area (Å²) in [5, 5.41) is 0. The molecule has 0 heterocycles. The second-order valence-electron chi connectivity index (χ2n) is 18.5. The van der Waals surface area contributed by atoms with Crippen LogP contribution in [-0.2, 0) is 28.6 Å². The fraction of sp³-hybridized carbons (Fsp3) is 0.780. The smallest absolute Gasteiger partial charge is 0.306 e. The van der Waals surface area contributed by atoms with E-state index in [1.807, 2.05) is 0 Å². The summed E-state index contributed by atoms with van der Waals surface area (Å²) in [4.78, 5) is 38.1. The van der Waals surface area contributed by atoms with Crippen molar-refractivity contribution >= 4 is 17.9 Å². The summed E-state index contributed by atoms with van der Waals surface area (Å²) >= 11 is 0. The van der Waals surface area contributed by atoms with Crippen LogP contribution in [0.4, 0.5) is 0 Å². The van der Waals surface area contributed by atoms with Crippen LogP contribution in [0.2, 0.25) is 0 Å². The first-order chi connectivity index (χ1) is 32.0. The van der Waals surface area contributed by atoms with Crippen LogP contribution in [0.5, 0.6) is 0 Å². The Labute approximate surface area is 402 Å². The molecule has 0 saturated heterocycles. The van der Waals surface area contributed by atoms with Crippen molar-refractivity contribution in [3.8, 4) is 0 Å². The number of ether oxygens (including phenoxy) is 3. The molecule has 0 aromatic heterocycles. The second kappa shape index (κ2) is 53.7. The molecular weight excluding hydrogens is 805 g/mol. The predicted molar refractivity (Wildman–Crippen MR) is 279 cm³/mol. The number of carbonyl (C=O) groups excluding carboxylic acids is 3. The van der Waals surface area contributed by atoms with Crippen LogP contribution in [0.25, 0.3) is 0 Å². The van der Waals surface area contributed by atoms with Crippen molar-refractivity contribution in [1.82, 2.24) is 0 Å². The van der Waals surface area contributed by atoms with Gasteiger partial charge in [0.25, 0.3) is 0 Å². The molecule has 0 bridgehead atoms. The van der Waals surface area contributed by atoms with Gasteiger partial charge >= 0.3 is 17.9 Å². The van der Waals surface area contributed by atoms with Gasteiger partial charge in [0.1, 0.15) is 13.2 Å². The standard InChI is InChI=1S/C59H104O6/c1-4-7-10-13-16-19-22-25-28-29-32-35-38-41-44-47-50-53-59(62)65-56(54-63-57(60)51-48-45-42-39-36-33-30-26-23-20-17-14-11-8-5-2)55-64-58(61)52-49-46-43-40-37-34-31-27-24-21-18-15-12-9-6-3/h8,11,17,20,25-26,28,30,36,39,56H,4-7,9-10,12-16,18-19,21-24,27,29,31-35,37-38,40-55H2,1-3H3/b11-8-,20-17-,28-25-,30-26-,39-36-/t56-/m1/s1. The van der Waals surface area contributed by atoms with Crippen LogP contribution in [0.15, 0.2) is 60.8 Å². The van der Waals surface area contributed by atoms with Crippen LogP contribution in [-0.4, -0.2) is 37.2 Å². The summed E-state index contributed by atoms with van der Waals surface area (Å²) in [5.41, 5.74) is 0. The molecule has 0 spiro atoms. The average Bonchev–Trinajstić information content (AvgIpc) is 3.30. The summed E-state index contributed by atoms with van der Waals surface area (Å²) in [6.07, 6.45) is 66.4. The SMILES string of the molecule is CC/C=C\C/C=C\C/C=C\C/C=C\CCCCC(=O)OC[C@H](COC(=O)CCCCCCCCCCCCCCCCC)OC(=O)CCCCCCCCC/C=C\CCCCCCCC. The molecule has 0 N–H and O–H groups in total. The van der Waals surface area contributed by atoms with E-state index >= 15 is 0 Å². The van der Waals surface area contributed by atoms with Gasteiger partial charge in [-0.15, -0.1) is 0 Å². The third-order valence-corrected chi connectivity index (χ3v) is 12.0. The Morgan fingerprint density at radius 2 is 0.600 bits per heavy atom. The maximum absolute atomic E-state index is 12.8. The number of carbonyl (C=O) groups is 3.